The first-order chi connectivity index (χ1) is 7.42. The summed E-state index contributed by atoms with van der Waals surface area (Å²) < 4.78 is 13.2. The van der Waals surface area contributed by atoms with Gasteiger partial charge in [0.25, 0.3) is 0 Å². The third-order valence-electron chi connectivity index (χ3n) is 3.30. The van der Waals surface area contributed by atoms with Crippen LogP contribution in [0.2, 0.25) is 5.02 Å². The van der Waals surface area contributed by atoms with Crippen molar-refractivity contribution in [3.8, 4) is 0 Å². The Morgan fingerprint density at radius 3 is 2.75 bits per heavy atom. The van der Waals surface area contributed by atoms with Gasteiger partial charge < -0.3 is 0 Å². The molecule has 0 heterocycles. The number of halogens is 2. The standard InChI is InChI=1S/C13H14ClFO/c1-13(2)7-9(13)11(16)6-8-4-3-5-10(15)12(8)14/h3-5,9H,6-7H2,1-2H3. The van der Waals surface area contributed by atoms with E-state index in [1.165, 1.54) is 6.07 Å². The number of rotatable bonds is 3. The van der Waals surface area contributed by atoms with Crippen molar-refractivity contribution in [3.63, 3.8) is 0 Å². The van der Waals surface area contributed by atoms with Crippen molar-refractivity contribution in [2.24, 2.45) is 11.3 Å². The van der Waals surface area contributed by atoms with Gasteiger partial charge in [-0.05, 0) is 23.5 Å². The second-order valence-corrected chi connectivity index (χ2v) is 5.48. The lowest BCUT2D eigenvalue weighted by Crippen LogP contribution is -2.09. The quantitative estimate of drug-likeness (QED) is 0.789. The molecule has 1 aromatic rings. The average Bonchev–Trinajstić information content (AvgIpc) is 2.83. The summed E-state index contributed by atoms with van der Waals surface area (Å²) in [5.41, 5.74) is 0.714. The van der Waals surface area contributed by atoms with Crippen LogP contribution in [0.25, 0.3) is 0 Å². The lowest BCUT2D eigenvalue weighted by molar-refractivity contribution is -0.120. The van der Waals surface area contributed by atoms with E-state index in [1.807, 2.05) is 0 Å². The van der Waals surface area contributed by atoms with Gasteiger partial charge in [-0.15, -0.1) is 0 Å². The molecule has 3 heteroatoms. The predicted molar refractivity (Wildman–Crippen MR) is 62.0 cm³/mol. The zero-order valence-electron chi connectivity index (χ0n) is 9.39. The van der Waals surface area contributed by atoms with Crippen molar-refractivity contribution in [3.05, 3.63) is 34.6 Å². The van der Waals surface area contributed by atoms with Crippen molar-refractivity contribution in [1.29, 1.82) is 0 Å². The van der Waals surface area contributed by atoms with Gasteiger partial charge in [0, 0.05) is 12.3 Å². The van der Waals surface area contributed by atoms with Gasteiger partial charge in [0.2, 0.25) is 0 Å². The Balaban J connectivity index is 2.10. The first-order valence-electron chi connectivity index (χ1n) is 5.37. The van der Waals surface area contributed by atoms with E-state index in [0.29, 0.717) is 5.56 Å². The van der Waals surface area contributed by atoms with Crippen LogP contribution in [-0.4, -0.2) is 5.78 Å². The molecule has 0 amide bonds. The molecule has 0 N–H and O–H groups in total. The Bertz CT molecular complexity index is 440. The molecule has 1 aliphatic carbocycles. The molecule has 1 nitrogen and oxygen atoms in total. The van der Waals surface area contributed by atoms with Crippen LogP contribution in [0.5, 0.6) is 0 Å². The van der Waals surface area contributed by atoms with Crippen LogP contribution >= 0.6 is 11.6 Å². The summed E-state index contributed by atoms with van der Waals surface area (Å²) in [4.78, 5) is 11.9. The Morgan fingerprint density at radius 2 is 2.19 bits per heavy atom. The lowest BCUT2D eigenvalue weighted by Gasteiger charge is -2.05. The first-order valence-corrected chi connectivity index (χ1v) is 5.75. The minimum atomic E-state index is -0.456. The first kappa shape index (κ1) is 11.6. The van der Waals surface area contributed by atoms with Crippen molar-refractivity contribution in [2.75, 3.05) is 0 Å². The minimum absolute atomic E-state index is 0.0781. The Morgan fingerprint density at radius 1 is 1.56 bits per heavy atom. The van der Waals surface area contributed by atoms with Crippen molar-refractivity contribution >= 4 is 17.4 Å². The molecular weight excluding hydrogens is 227 g/mol. The summed E-state index contributed by atoms with van der Waals surface area (Å²) in [7, 11) is 0. The monoisotopic (exact) mass is 240 g/mol. The largest absolute Gasteiger partial charge is 0.299 e. The minimum Gasteiger partial charge on any atom is -0.299 e. The molecule has 0 radical (unpaired) electrons. The number of hydrogen-bond acceptors (Lipinski definition) is 1. The summed E-state index contributed by atoms with van der Waals surface area (Å²) >= 11 is 5.81. The van der Waals surface area contributed by atoms with Crippen LogP contribution in [0.4, 0.5) is 4.39 Å². The maximum absolute atomic E-state index is 13.2. The highest BCUT2D eigenvalue weighted by Crippen LogP contribution is 2.52. The molecule has 16 heavy (non-hydrogen) atoms. The van der Waals surface area contributed by atoms with Crippen LogP contribution in [0, 0.1) is 17.2 Å². The van der Waals surface area contributed by atoms with E-state index < -0.39 is 5.82 Å². The zero-order chi connectivity index (χ0) is 11.9. The fraction of sp³-hybridized carbons (Fsp3) is 0.462. The van der Waals surface area contributed by atoms with E-state index in [-0.39, 0.29) is 28.6 Å². The second-order valence-electron chi connectivity index (χ2n) is 5.10. The molecule has 0 saturated heterocycles. The molecule has 1 aliphatic rings. The fourth-order valence-corrected chi connectivity index (χ4v) is 2.21. The van der Waals surface area contributed by atoms with Gasteiger partial charge in [-0.1, -0.05) is 37.6 Å². The van der Waals surface area contributed by atoms with Crippen LogP contribution in [0.15, 0.2) is 18.2 Å². The van der Waals surface area contributed by atoms with Crippen LogP contribution in [0.3, 0.4) is 0 Å². The highest BCUT2D eigenvalue weighted by molar-refractivity contribution is 6.31. The number of Topliss-reactive ketones (excluding diaryl/α,β-unsaturated/α-hetero) is 1. The molecular formula is C13H14ClFO. The molecule has 0 aliphatic heterocycles. The van der Waals surface area contributed by atoms with Gasteiger partial charge in [0.1, 0.15) is 11.6 Å². The Labute approximate surface area is 99.6 Å². The average molecular weight is 241 g/mol. The van der Waals surface area contributed by atoms with Gasteiger partial charge in [0.15, 0.2) is 0 Å². The van der Waals surface area contributed by atoms with Crippen LogP contribution < -0.4 is 0 Å². The molecule has 1 atom stereocenters. The van der Waals surface area contributed by atoms with E-state index in [4.69, 9.17) is 11.6 Å². The summed E-state index contributed by atoms with van der Waals surface area (Å²) in [5, 5.41) is 0.0781. The van der Waals surface area contributed by atoms with Crippen LogP contribution in [-0.2, 0) is 11.2 Å². The van der Waals surface area contributed by atoms with E-state index >= 15 is 0 Å². The summed E-state index contributed by atoms with van der Waals surface area (Å²) in [6.07, 6.45) is 1.17. The van der Waals surface area contributed by atoms with Gasteiger partial charge >= 0.3 is 0 Å². The zero-order valence-corrected chi connectivity index (χ0v) is 10.1. The van der Waals surface area contributed by atoms with Crippen molar-refractivity contribution < 1.29 is 9.18 Å². The van der Waals surface area contributed by atoms with E-state index in [1.54, 1.807) is 12.1 Å². The SMILES string of the molecule is CC1(C)CC1C(=O)Cc1cccc(F)c1Cl. The molecule has 1 fully saturated rings. The summed E-state index contributed by atoms with van der Waals surface area (Å²) in [6.45, 7) is 4.14. The number of carbonyl (C=O) groups is 1. The summed E-state index contributed by atoms with van der Waals surface area (Å²) in [5.74, 6) is -0.175. The van der Waals surface area contributed by atoms with Gasteiger partial charge in [0.05, 0.1) is 5.02 Å². The predicted octanol–water partition coefficient (Wildman–Crippen LogP) is 3.64. The molecule has 1 saturated carbocycles. The highest BCUT2D eigenvalue weighted by atomic mass is 35.5. The highest BCUT2D eigenvalue weighted by Gasteiger charge is 2.49. The maximum atomic E-state index is 13.2. The Hall–Kier alpha value is -0.890. The normalized spacial score (nSPS) is 21.9. The van der Waals surface area contributed by atoms with Gasteiger partial charge in [-0.2, -0.15) is 0 Å². The molecule has 0 aromatic heterocycles. The second kappa shape index (κ2) is 3.85. The Kier molecular flexibility index (Phi) is 2.79. The van der Waals surface area contributed by atoms with Gasteiger partial charge in [-0.3, -0.25) is 4.79 Å². The number of carbonyl (C=O) groups excluding carboxylic acids is 1. The number of ketones is 1. The molecule has 2 rings (SSSR count). The fourth-order valence-electron chi connectivity index (χ4n) is 2.01. The molecule has 0 bridgehead atoms. The molecule has 0 spiro atoms. The number of hydrogen-bond donors (Lipinski definition) is 0. The maximum Gasteiger partial charge on any atom is 0.142 e. The van der Waals surface area contributed by atoms with Gasteiger partial charge in [-0.25, -0.2) is 4.39 Å². The molecule has 1 unspecified atom stereocenters. The third kappa shape index (κ3) is 2.12. The van der Waals surface area contributed by atoms with Crippen molar-refractivity contribution in [1.82, 2.24) is 0 Å². The van der Waals surface area contributed by atoms with E-state index in [2.05, 4.69) is 13.8 Å². The molecule has 86 valence electrons. The molecule has 1 aromatic carbocycles. The van der Waals surface area contributed by atoms with Crippen molar-refractivity contribution in [2.45, 2.75) is 26.7 Å². The third-order valence-corrected chi connectivity index (χ3v) is 3.72. The smallest absolute Gasteiger partial charge is 0.142 e. The van der Waals surface area contributed by atoms with Crippen LogP contribution in [0.1, 0.15) is 25.8 Å². The van der Waals surface area contributed by atoms with E-state index in [9.17, 15) is 9.18 Å². The lowest BCUT2D eigenvalue weighted by atomic mass is 10.0. The summed E-state index contributed by atoms with van der Waals surface area (Å²) in [6, 6.07) is 4.60. The number of benzene rings is 1. The van der Waals surface area contributed by atoms with E-state index in [0.717, 1.165) is 6.42 Å². The topological polar surface area (TPSA) is 17.1 Å².